The van der Waals surface area contributed by atoms with Gasteiger partial charge in [-0.15, -0.1) is 0 Å². The van der Waals surface area contributed by atoms with Gasteiger partial charge in [-0.3, -0.25) is 9.59 Å². The zero-order chi connectivity index (χ0) is 13.8. The van der Waals surface area contributed by atoms with Gasteiger partial charge in [-0.25, -0.2) is 0 Å². The smallest absolute Gasteiger partial charge is 0.313 e. The molecule has 0 fully saturated rings. The maximum absolute atomic E-state index is 11.7. The van der Waals surface area contributed by atoms with Crippen LogP contribution in [0.5, 0.6) is 17.2 Å². The summed E-state index contributed by atoms with van der Waals surface area (Å²) in [5.74, 6) is 0.775. The number of hydrogen-bond acceptors (Lipinski definition) is 6. The van der Waals surface area contributed by atoms with Gasteiger partial charge in [-0.1, -0.05) is 0 Å². The fourth-order valence-corrected chi connectivity index (χ4v) is 1.58. The minimum atomic E-state index is -0.737. The van der Waals surface area contributed by atoms with Crippen LogP contribution in [0.2, 0.25) is 0 Å². The number of Topliss-reactive ketones (excluding diaryl/α,β-unsaturated/α-hetero) is 1. The van der Waals surface area contributed by atoms with E-state index in [0.29, 0.717) is 17.2 Å². The fourth-order valence-electron chi connectivity index (χ4n) is 1.58. The molecule has 6 nitrogen and oxygen atoms in total. The van der Waals surface area contributed by atoms with E-state index in [1.54, 1.807) is 25.1 Å². The largest absolute Gasteiger partial charge is 0.483 e. The molecule has 1 aromatic rings. The molecular weight excluding hydrogens is 252 g/mol. The van der Waals surface area contributed by atoms with Crippen LogP contribution in [0.4, 0.5) is 0 Å². The second kappa shape index (κ2) is 5.60. The van der Waals surface area contributed by atoms with Crippen molar-refractivity contribution in [2.45, 2.75) is 19.4 Å². The highest BCUT2D eigenvalue weighted by atomic mass is 16.7. The van der Waals surface area contributed by atoms with Crippen molar-refractivity contribution in [2.75, 3.05) is 13.9 Å². The van der Waals surface area contributed by atoms with E-state index < -0.39 is 12.1 Å². The molecule has 0 saturated carbocycles. The Morgan fingerprint density at radius 1 is 1.32 bits per heavy atom. The van der Waals surface area contributed by atoms with E-state index in [1.165, 1.54) is 7.11 Å². The number of esters is 1. The summed E-state index contributed by atoms with van der Waals surface area (Å²) in [4.78, 5) is 22.7. The minimum absolute atomic E-state index is 0.176. The molecule has 0 saturated heterocycles. The summed E-state index contributed by atoms with van der Waals surface area (Å²) >= 11 is 0. The van der Waals surface area contributed by atoms with Gasteiger partial charge in [0.1, 0.15) is 12.2 Å². The minimum Gasteiger partial charge on any atom is -0.483 e. The number of benzene rings is 1. The molecule has 0 amide bonds. The molecule has 6 heteroatoms. The van der Waals surface area contributed by atoms with E-state index in [-0.39, 0.29) is 19.0 Å². The molecule has 1 atom stereocenters. The Labute approximate surface area is 110 Å². The zero-order valence-electron chi connectivity index (χ0n) is 10.7. The molecule has 102 valence electrons. The van der Waals surface area contributed by atoms with Crippen molar-refractivity contribution >= 4 is 11.8 Å². The monoisotopic (exact) mass is 266 g/mol. The molecule has 1 aliphatic rings. The van der Waals surface area contributed by atoms with Crippen LogP contribution >= 0.6 is 0 Å². The van der Waals surface area contributed by atoms with E-state index in [1.807, 2.05) is 0 Å². The van der Waals surface area contributed by atoms with Crippen molar-refractivity contribution in [3.05, 3.63) is 18.2 Å². The van der Waals surface area contributed by atoms with Crippen LogP contribution in [-0.4, -0.2) is 31.8 Å². The lowest BCUT2D eigenvalue weighted by Crippen LogP contribution is -2.26. The molecule has 1 unspecified atom stereocenters. The highest BCUT2D eigenvalue weighted by Gasteiger charge is 2.20. The molecule has 1 heterocycles. The van der Waals surface area contributed by atoms with Gasteiger partial charge >= 0.3 is 5.97 Å². The first-order valence-electron chi connectivity index (χ1n) is 5.76. The van der Waals surface area contributed by atoms with Crippen molar-refractivity contribution in [3.63, 3.8) is 0 Å². The van der Waals surface area contributed by atoms with Gasteiger partial charge in [0.25, 0.3) is 0 Å². The van der Waals surface area contributed by atoms with Gasteiger partial charge < -0.3 is 18.9 Å². The van der Waals surface area contributed by atoms with Crippen LogP contribution in [0.3, 0.4) is 0 Å². The van der Waals surface area contributed by atoms with Crippen LogP contribution < -0.4 is 14.2 Å². The predicted octanol–water partition coefficient (Wildman–Crippen LogP) is 1.31. The molecule has 0 N–H and O–H groups in total. The Kier molecular flexibility index (Phi) is 3.89. The Hall–Kier alpha value is -2.24. The third-order valence-corrected chi connectivity index (χ3v) is 2.66. The quantitative estimate of drug-likeness (QED) is 0.591. The lowest BCUT2D eigenvalue weighted by atomic mass is 10.2. The first kappa shape index (κ1) is 13.2. The van der Waals surface area contributed by atoms with E-state index in [0.717, 1.165) is 0 Å². The van der Waals surface area contributed by atoms with Gasteiger partial charge in [0, 0.05) is 6.07 Å². The van der Waals surface area contributed by atoms with Gasteiger partial charge in [0.05, 0.1) is 7.11 Å². The lowest BCUT2D eigenvalue weighted by Gasteiger charge is -2.13. The van der Waals surface area contributed by atoms with E-state index in [9.17, 15) is 9.59 Å². The average molecular weight is 266 g/mol. The Morgan fingerprint density at radius 3 is 2.79 bits per heavy atom. The number of carbonyl (C=O) groups is 2. The number of fused-ring (bicyclic) bond motifs is 1. The Balaban J connectivity index is 1.97. The Morgan fingerprint density at radius 2 is 2.05 bits per heavy atom. The number of methoxy groups -OCH3 is 1. The average Bonchev–Trinajstić information content (AvgIpc) is 2.85. The van der Waals surface area contributed by atoms with E-state index >= 15 is 0 Å². The van der Waals surface area contributed by atoms with Crippen LogP contribution in [0.15, 0.2) is 18.2 Å². The lowest BCUT2D eigenvalue weighted by molar-refractivity contribution is -0.144. The number of ether oxygens (including phenoxy) is 4. The summed E-state index contributed by atoms with van der Waals surface area (Å²) in [6.07, 6.45) is -1.04. The molecule has 0 spiro atoms. The molecule has 19 heavy (non-hydrogen) atoms. The van der Waals surface area contributed by atoms with Gasteiger partial charge in [-0.05, 0) is 19.1 Å². The first-order chi connectivity index (χ1) is 9.10. The predicted molar refractivity (Wildman–Crippen MR) is 64.3 cm³/mol. The maximum Gasteiger partial charge on any atom is 0.313 e. The van der Waals surface area contributed by atoms with E-state index in [2.05, 4.69) is 4.74 Å². The van der Waals surface area contributed by atoms with Gasteiger partial charge in [0.15, 0.2) is 23.4 Å². The summed E-state index contributed by atoms with van der Waals surface area (Å²) in [7, 11) is 1.24. The van der Waals surface area contributed by atoms with Gasteiger partial charge in [0.2, 0.25) is 6.79 Å². The summed E-state index contributed by atoms with van der Waals surface area (Å²) in [5.41, 5.74) is 0. The first-order valence-corrected chi connectivity index (χ1v) is 5.76. The molecular formula is C13H14O6. The highest BCUT2D eigenvalue weighted by Crippen LogP contribution is 2.35. The Bertz CT molecular complexity index is 496. The second-order valence-corrected chi connectivity index (χ2v) is 3.99. The van der Waals surface area contributed by atoms with Crippen molar-refractivity contribution in [3.8, 4) is 17.2 Å². The molecule has 0 aliphatic carbocycles. The zero-order valence-corrected chi connectivity index (χ0v) is 10.7. The van der Waals surface area contributed by atoms with Gasteiger partial charge in [-0.2, -0.15) is 0 Å². The normalized spacial score (nSPS) is 13.8. The molecule has 1 aliphatic heterocycles. The third kappa shape index (κ3) is 3.15. The standard InChI is InChI=1S/C13H14O6/c1-8(10(14)6-13(15)16-2)19-9-3-4-11-12(5-9)18-7-17-11/h3-5,8H,6-7H2,1-2H3. The van der Waals surface area contributed by atoms with Crippen molar-refractivity contribution in [1.29, 1.82) is 0 Å². The van der Waals surface area contributed by atoms with Crippen molar-refractivity contribution in [2.24, 2.45) is 0 Å². The summed E-state index contributed by atoms with van der Waals surface area (Å²) in [6.45, 7) is 1.76. The van der Waals surface area contributed by atoms with Crippen LogP contribution in [-0.2, 0) is 14.3 Å². The van der Waals surface area contributed by atoms with Crippen molar-refractivity contribution in [1.82, 2.24) is 0 Å². The molecule has 2 rings (SSSR count). The third-order valence-electron chi connectivity index (χ3n) is 2.66. The van der Waals surface area contributed by atoms with Crippen molar-refractivity contribution < 1.29 is 28.5 Å². The van der Waals surface area contributed by atoms with E-state index in [4.69, 9.17) is 14.2 Å². The summed E-state index contributed by atoms with van der Waals surface area (Å²) in [6, 6.07) is 5.02. The molecule has 0 radical (unpaired) electrons. The highest BCUT2D eigenvalue weighted by molar-refractivity contribution is 5.97. The number of rotatable bonds is 5. The molecule has 0 bridgehead atoms. The fraction of sp³-hybridized carbons (Fsp3) is 0.385. The SMILES string of the molecule is COC(=O)CC(=O)C(C)Oc1ccc2c(c1)OCO2. The van der Waals surface area contributed by atoms with Crippen LogP contribution in [0.25, 0.3) is 0 Å². The number of hydrogen-bond donors (Lipinski definition) is 0. The number of ketones is 1. The van der Waals surface area contributed by atoms with Crippen LogP contribution in [0, 0.1) is 0 Å². The van der Waals surface area contributed by atoms with Crippen LogP contribution in [0.1, 0.15) is 13.3 Å². The summed E-state index contributed by atoms with van der Waals surface area (Å²) < 4.78 is 20.3. The summed E-state index contributed by atoms with van der Waals surface area (Å²) in [5, 5.41) is 0. The number of carbonyl (C=O) groups excluding carboxylic acids is 2. The molecule has 1 aromatic carbocycles. The topological polar surface area (TPSA) is 71.1 Å². The molecule has 0 aromatic heterocycles. The maximum atomic E-state index is 11.7. The second-order valence-electron chi connectivity index (χ2n) is 3.99.